The van der Waals surface area contributed by atoms with E-state index in [0.29, 0.717) is 0 Å². The first-order valence-electron chi connectivity index (χ1n) is 17.2. The van der Waals surface area contributed by atoms with Gasteiger partial charge in [0, 0.05) is 34.9 Å². The molecule has 0 aromatic heterocycles. The minimum Gasteiger partial charge on any atom is -0.467 e. The molecule has 9 N–H and O–H groups in total. The van der Waals surface area contributed by atoms with Gasteiger partial charge in [0.1, 0.15) is 61.0 Å². The van der Waals surface area contributed by atoms with Crippen molar-refractivity contribution in [1.29, 1.82) is 0 Å². The van der Waals surface area contributed by atoms with Crippen molar-refractivity contribution in [1.82, 2.24) is 0 Å². The Labute approximate surface area is 338 Å². The van der Waals surface area contributed by atoms with Crippen LogP contribution in [0.4, 0.5) is 0 Å². The molecule has 0 aromatic rings. The first-order valence-corrected chi connectivity index (χ1v) is 17.2. The molecule has 4 fully saturated rings. The van der Waals surface area contributed by atoms with Crippen LogP contribution >= 0.6 is 0 Å². The van der Waals surface area contributed by atoms with Crippen LogP contribution in [0.15, 0.2) is 0 Å². The average molecular weight is 871 g/mol. The monoisotopic (exact) mass is 870 g/mol. The van der Waals surface area contributed by atoms with Gasteiger partial charge >= 0.3 is 23.9 Å². The van der Waals surface area contributed by atoms with Crippen molar-refractivity contribution < 1.29 is 127 Å². The molecule has 26 heteroatoms. The number of carbonyl (C=O) groups excluding carboxylic acids is 4. The maximum Gasteiger partial charge on any atom is 0.337 e. The predicted molar refractivity (Wildman–Crippen MR) is 185 cm³/mol. The Kier molecular flexibility index (Phi) is 23.1. The number of aliphatic hydroxyl groups is 9. The lowest BCUT2D eigenvalue weighted by molar-refractivity contribution is -0.349. The molecule has 0 aliphatic carbocycles. The Balaban J connectivity index is 0.000000487. The number of carbonyl (C=O) groups is 4. The third-order valence-electron chi connectivity index (χ3n) is 9.14. The van der Waals surface area contributed by atoms with Crippen LogP contribution in [0.3, 0.4) is 0 Å². The van der Waals surface area contributed by atoms with Gasteiger partial charge in [-0.15, -0.1) is 0 Å². The first-order chi connectivity index (χ1) is 27.3. The molecule has 0 saturated carbocycles. The number of ether oxygens (including phenoxy) is 13. The molecule has 4 aliphatic rings. The molecule has 0 aromatic carbocycles. The largest absolute Gasteiger partial charge is 0.467 e. The number of hydrogen-bond donors (Lipinski definition) is 9. The fourth-order valence-electron chi connectivity index (χ4n) is 5.90. The van der Waals surface area contributed by atoms with E-state index in [1.165, 1.54) is 35.5 Å². The summed E-state index contributed by atoms with van der Waals surface area (Å²) in [5.74, 6) is -3.25. The highest BCUT2D eigenvalue weighted by atomic mass is 16.8. The van der Waals surface area contributed by atoms with Crippen LogP contribution in [0.5, 0.6) is 0 Å². The van der Waals surface area contributed by atoms with Gasteiger partial charge in [-0.25, -0.2) is 19.2 Å². The van der Waals surface area contributed by atoms with E-state index >= 15 is 0 Å². The third kappa shape index (κ3) is 13.1. The highest BCUT2D eigenvalue weighted by molar-refractivity contribution is 5.77. The summed E-state index contributed by atoms with van der Waals surface area (Å²) in [7, 11) is 9.46. The Morgan fingerprint density at radius 3 is 1.24 bits per heavy atom. The van der Waals surface area contributed by atoms with Crippen LogP contribution in [-0.4, -0.2) is 243 Å². The number of rotatable bonds is 10. The van der Waals surface area contributed by atoms with Crippen LogP contribution in [0.2, 0.25) is 0 Å². The fraction of sp³-hybridized carbons (Fsp3) is 0.879. The molecule has 19 atom stereocenters. The predicted octanol–water partition coefficient (Wildman–Crippen LogP) is -6.84. The number of aliphatic hydroxyl groups excluding tert-OH is 9. The van der Waals surface area contributed by atoms with Crippen molar-refractivity contribution in [3.05, 3.63) is 0 Å². The quantitative estimate of drug-likeness (QED) is 0.0727. The molecular formula is C33H58O26. The van der Waals surface area contributed by atoms with Gasteiger partial charge in [0.25, 0.3) is 0 Å². The standard InChI is InChI=1S/C16H26O13.C8H14O7.C8H14O6.CH4/c1-23-9-5(17)8(20)16(29-11(9)13(21)24-2)27-10-6(18)7(19)15(26-4)28-12(10)14(22)25-3;1-13-5-3(9)4(10)7(11)15-6(5)8(12)14-2;1-12-7(11)5-3-4(9)6(10)8(13-2)14-5;/h5-12,15-20H,1-4H3;3-7,9-11H,1-2H3;4-6,8-10H,3H2,1-2H3;1H4/t5?,6-,7-,8?,9+,10?,11+,12?,15-,16?;3?,4?,5-,6-,7?;4-,5?,6+,8+;/m011./s1. The first kappa shape index (κ1) is 54.2. The van der Waals surface area contributed by atoms with Gasteiger partial charge in [-0.3, -0.25) is 0 Å². The summed E-state index contributed by atoms with van der Waals surface area (Å²) >= 11 is 0. The van der Waals surface area contributed by atoms with E-state index in [1.54, 1.807) is 0 Å². The summed E-state index contributed by atoms with van der Waals surface area (Å²) in [6, 6.07) is 0. The molecule has 59 heavy (non-hydrogen) atoms. The van der Waals surface area contributed by atoms with Gasteiger partial charge in [0.2, 0.25) is 0 Å². The maximum absolute atomic E-state index is 12.1. The summed E-state index contributed by atoms with van der Waals surface area (Å²) in [5.41, 5.74) is 0. The van der Waals surface area contributed by atoms with Gasteiger partial charge in [-0.2, -0.15) is 0 Å². The second-order valence-electron chi connectivity index (χ2n) is 12.6. The Morgan fingerprint density at radius 2 is 0.797 bits per heavy atom. The van der Waals surface area contributed by atoms with Gasteiger partial charge in [-0.1, -0.05) is 7.43 Å². The van der Waals surface area contributed by atoms with Crippen LogP contribution in [0, 0.1) is 0 Å². The lowest BCUT2D eigenvalue weighted by Crippen LogP contribution is -2.66. The molecule has 0 spiro atoms. The molecular weight excluding hydrogens is 812 g/mol. The van der Waals surface area contributed by atoms with Crippen molar-refractivity contribution in [3.8, 4) is 0 Å². The Bertz CT molecular complexity index is 1290. The minimum atomic E-state index is -1.75. The van der Waals surface area contributed by atoms with Gasteiger partial charge in [-0.05, 0) is 0 Å². The SMILES string of the molecule is C.COC(=O)C1C[C@@H](O)[C@H](O)[C@@H](OC)O1.COC(=O)C1O[C@H](OC)[C@@H](O)[C@H](O)C1OC1O[C@@H](C(=O)OC)[C@H](OC)C(O)C1O.COC(=O)[C@@H]1OC(O)C(O)C(O)[C@H]1OC. The van der Waals surface area contributed by atoms with E-state index in [9.17, 15) is 65.1 Å². The molecule has 4 heterocycles. The molecule has 9 unspecified atom stereocenters. The smallest absolute Gasteiger partial charge is 0.337 e. The summed E-state index contributed by atoms with van der Waals surface area (Å²) in [5, 5.41) is 87.8. The summed E-state index contributed by atoms with van der Waals surface area (Å²) in [6.07, 6.45) is -26.7. The van der Waals surface area contributed by atoms with Crippen LogP contribution in [-0.2, 0) is 80.8 Å². The lowest BCUT2D eigenvalue weighted by atomic mass is 9.96. The van der Waals surface area contributed by atoms with Crippen LogP contribution in [0.1, 0.15) is 13.8 Å². The zero-order valence-corrected chi connectivity index (χ0v) is 32.6. The van der Waals surface area contributed by atoms with Crippen molar-refractivity contribution in [2.75, 3.05) is 56.9 Å². The summed E-state index contributed by atoms with van der Waals surface area (Å²) < 4.78 is 63.4. The molecule has 4 saturated heterocycles. The Morgan fingerprint density at radius 1 is 0.424 bits per heavy atom. The van der Waals surface area contributed by atoms with Crippen LogP contribution < -0.4 is 0 Å². The zero-order valence-electron chi connectivity index (χ0n) is 32.6. The van der Waals surface area contributed by atoms with E-state index in [4.69, 9.17) is 42.6 Å². The molecule has 4 rings (SSSR count). The van der Waals surface area contributed by atoms with E-state index in [1.807, 2.05) is 0 Å². The molecule has 26 nitrogen and oxygen atoms in total. The third-order valence-corrected chi connectivity index (χ3v) is 9.14. The van der Waals surface area contributed by atoms with Crippen molar-refractivity contribution in [2.45, 2.75) is 131 Å². The minimum absolute atomic E-state index is 0. The highest BCUT2D eigenvalue weighted by Crippen LogP contribution is 2.31. The van der Waals surface area contributed by atoms with E-state index in [-0.39, 0.29) is 13.8 Å². The summed E-state index contributed by atoms with van der Waals surface area (Å²) in [6.45, 7) is 0. The summed E-state index contributed by atoms with van der Waals surface area (Å²) in [4.78, 5) is 46.3. The van der Waals surface area contributed by atoms with Crippen molar-refractivity contribution in [3.63, 3.8) is 0 Å². The maximum atomic E-state index is 12.1. The lowest BCUT2D eigenvalue weighted by Gasteiger charge is -2.45. The second-order valence-corrected chi connectivity index (χ2v) is 12.6. The van der Waals surface area contributed by atoms with Crippen molar-refractivity contribution in [2.24, 2.45) is 0 Å². The molecule has 4 aliphatic heterocycles. The van der Waals surface area contributed by atoms with E-state index in [2.05, 4.69) is 18.9 Å². The van der Waals surface area contributed by atoms with Crippen molar-refractivity contribution >= 4 is 23.9 Å². The van der Waals surface area contributed by atoms with Gasteiger partial charge in [0.15, 0.2) is 49.6 Å². The molecule has 0 amide bonds. The van der Waals surface area contributed by atoms with E-state index in [0.717, 1.165) is 21.3 Å². The number of methoxy groups -OCH3 is 8. The molecule has 0 radical (unpaired) electrons. The number of esters is 4. The van der Waals surface area contributed by atoms with Gasteiger partial charge < -0.3 is 108 Å². The van der Waals surface area contributed by atoms with E-state index < -0.39 is 141 Å². The second kappa shape index (κ2) is 25.2. The topological polar surface area (TPSA) is 370 Å². The number of hydrogen-bond acceptors (Lipinski definition) is 26. The molecule has 346 valence electrons. The average Bonchev–Trinajstić information content (AvgIpc) is 3.23. The highest BCUT2D eigenvalue weighted by Gasteiger charge is 2.55. The Hall–Kier alpha value is -2.84. The normalized spacial score (nSPS) is 40.6. The zero-order chi connectivity index (χ0) is 44.2. The van der Waals surface area contributed by atoms with Crippen LogP contribution in [0.25, 0.3) is 0 Å². The fourth-order valence-corrected chi connectivity index (χ4v) is 5.90. The molecule has 0 bridgehead atoms. The van der Waals surface area contributed by atoms with Gasteiger partial charge in [0.05, 0.1) is 34.5 Å².